The van der Waals surface area contributed by atoms with Gasteiger partial charge in [0, 0.05) is 45.3 Å². The van der Waals surface area contributed by atoms with Gasteiger partial charge in [-0.3, -0.25) is 9.59 Å². The van der Waals surface area contributed by atoms with Crippen molar-refractivity contribution < 1.29 is 19.1 Å². The number of aromatic hydroxyl groups is 1. The van der Waals surface area contributed by atoms with Crippen LogP contribution in [0.1, 0.15) is 86.0 Å². The maximum atomic E-state index is 13.3. The maximum absolute atomic E-state index is 13.3. The molecule has 1 aliphatic rings. The van der Waals surface area contributed by atoms with E-state index in [1.165, 1.54) is 12.1 Å². The molecule has 6 nitrogen and oxygen atoms in total. The van der Waals surface area contributed by atoms with E-state index in [9.17, 15) is 19.1 Å². The molecule has 1 aliphatic heterocycles. The molecule has 0 saturated carbocycles. The van der Waals surface area contributed by atoms with Gasteiger partial charge in [-0.25, -0.2) is 4.39 Å². The monoisotopic (exact) mass is 513 g/mol. The van der Waals surface area contributed by atoms with E-state index in [-0.39, 0.29) is 34.6 Å². The number of fused-ring (bicyclic) bond motifs is 1. The van der Waals surface area contributed by atoms with E-state index >= 15 is 0 Å². The summed E-state index contributed by atoms with van der Waals surface area (Å²) in [4.78, 5) is 29.7. The Bertz CT molecular complexity index is 1040. The van der Waals surface area contributed by atoms with Crippen LogP contribution in [0.15, 0.2) is 49.1 Å². The van der Waals surface area contributed by atoms with Crippen LogP contribution < -0.4 is 0 Å². The summed E-state index contributed by atoms with van der Waals surface area (Å²) in [7, 11) is 1.71. The van der Waals surface area contributed by atoms with E-state index in [2.05, 4.69) is 19.6 Å². The second kappa shape index (κ2) is 16.4. The Morgan fingerprint density at radius 3 is 2.38 bits per heavy atom. The number of carbonyl (C=O) groups is 2. The van der Waals surface area contributed by atoms with Crippen molar-refractivity contribution in [2.45, 2.75) is 73.4 Å². The van der Waals surface area contributed by atoms with Crippen LogP contribution >= 0.6 is 0 Å². The number of benzene rings is 1. The minimum absolute atomic E-state index is 0.191. The van der Waals surface area contributed by atoms with E-state index in [1.807, 2.05) is 38.3 Å². The topological polar surface area (TPSA) is 65.8 Å². The highest BCUT2D eigenvalue weighted by molar-refractivity contribution is 6.05. The summed E-state index contributed by atoms with van der Waals surface area (Å²) in [5.74, 6) is -1.14. The quantitative estimate of drug-likeness (QED) is 0.385. The summed E-state index contributed by atoms with van der Waals surface area (Å²) in [5.41, 5.74) is 1.93. The van der Waals surface area contributed by atoms with Crippen molar-refractivity contribution in [1.29, 1.82) is 0 Å². The number of halogens is 1. The summed E-state index contributed by atoms with van der Waals surface area (Å²) >= 11 is 0. The molecule has 2 aromatic rings. The zero-order valence-electron chi connectivity index (χ0n) is 23.4. The van der Waals surface area contributed by atoms with Gasteiger partial charge in [-0.05, 0) is 43.9 Å². The lowest BCUT2D eigenvalue weighted by atomic mass is 10.0. The molecule has 0 bridgehead atoms. The van der Waals surface area contributed by atoms with Crippen molar-refractivity contribution in [2.75, 3.05) is 20.1 Å². The highest BCUT2D eigenvalue weighted by Gasteiger charge is 2.36. The SMILES string of the molecule is C=CC.CC.CC/C=C/CCN(C)C(=O)c1c(O)c2c(n1CCC)CCN(Cc1ccc(F)cc1)C2=O. The van der Waals surface area contributed by atoms with Gasteiger partial charge in [0.1, 0.15) is 11.4 Å². The fraction of sp³-hybridized carbons (Fsp3) is 0.467. The molecule has 0 spiro atoms. The van der Waals surface area contributed by atoms with Crippen molar-refractivity contribution in [1.82, 2.24) is 14.4 Å². The first-order valence-corrected chi connectivity index (χ1v) is 13.3. The minimum Gasteiger partial charge on any atom is -0.505 e. The van der Waals surface area contributed by atoms with Crippen LogP contribution in [0.2, 0.25) is 0 Å². The molecule has 0 atom stereocenters. The maximum Gasteiger partial charge on any atom is 0.274 e. The molecule has 0 aliphatic carbocycles. The molecule has 37 heavy (non-hydrogen) atoms. The van der Waals surface area contributed by atoms with Crippen molar-refractivity contribution in [3.63, 3.8) is 0 Å². The molecule has 7 heteroatoms. The summed E-state index contributed by atoms with van der Waals surface area (Å²) in [6, 6.07) is 6.04. The van der Waals surface area contributed by atoms with Crippen LogP contribution in [0.4, 0.5) is 4.39 Å². The number of nitrogens with zero attached hydrogens (tertiary/aromatic N) is 3. The summed E-state index contributed by atoms with van der Waals surface area (Å²) in [6.07, 6.45) is 8.85. The van der Waals surface area contributed by atoms with Gasteiger partial charge >= 0.3 is 0 Å². The number of allylic oxidation sites excluding steroid dienone is 2. The van der Waals surface area contributed by atoms with Crippen LogP contribution in [0.5, 0.6) is 5.75 Å². The Balaban J connectivity index is 0.00000127. The zero-order chi connectivity index (χ0) is 28.0. The fourth-order valence-corrected chi connectivity index (χ4v) is 4.12. The van der Waals surface area contributed by atoms with Gasteiger partial charge in [0.25, 0.3) is 11.8 Å². The standard InChI is InChI=1S/C25H32FN3O3.C3H6.C2H6/c1-4-6-7-8-15-27(3)25(32)22-23(30)21-20(29(22)14-5-2)13-16-28(24(21)31)17-18-9-11-19(26)12-10-18;1-3-2;1-2/h6-7,9-12,30H,4-5,8,13-17H2,1-3H3;3H,1H2,2H3;1-2H3/b7-6+;;. The minimum atomic E-state index is -0.326. The van der Waals surface area contributed by atoms with Crippen LogP contribution in [-0.2, 0) is 19.5 Å². The Kier molecular flexibility index (Phi) is 14.0. The molecule has 2 amide bonds. The molecule has 0 unspecified atom stereocenters. The molecular weight excluding hydrogens is 469 g/mol. The van der Waals surface area contributed by atoms with Crippen LogP contribution in [0.3, 0.4) is 0 Å². The highest BCUT2D eigenvalue weighted by atomic mass is 19.1. The molecule has 0 radical (unpaired) electrons. The van der Waals surface area contributed by atoms with E-state index in [1.54, 1.807) is 35.1 Å². The lowest BCUT2D eigenvalue weighted by Gasteiger charge is -2.28. The highest BCUT2D eigenvalue weighted by Crippen LogP contribution is 2.35. The third kappa shape index (κ3) is 8.34. The molecule has 3 rings (SSSR count). The van der Waals surface area contributed by atoms with E-state index < -0.39 is 0 Å². The van der Waals surface area contributed by atoms with Crippen LogP contribution in [0.25, 0.3) is 0 Å². The largest absolute Gasteiger partial charge is 0.505 e. The summed E-state index contributed by atoms with van der Waals surface area (Å²) < 4.78 is 15.0. The Morgan fingerprint density at radius 2 is 1.81 bits per heavy atom. The third-order valence-electron chi connectivity index (χ3n) is 5.78. The van der Waals surface area contributed by atoms with Gasteiger partial charge in [0.05, 0.1) is 0 Å². The number of amides is 2. The second-order valence-corrected chi connectivity index (χ2v) is 8.58. The number of hydrogen-bond acceptors (Lipinski definition) is 3. The van der Waals surface area contributed by atoms with Crippen LogP contribution in [0, 0.1) is 5.82 Å². The molecule has 1 N–H and O–H groups in total. The van der Waals surface area contributed by atoms with Gasteiger partial charge in [-0.15, -0.1) is 6.58 Å². The zero-order valence-corrected chi connectivity index (χ0v) is 23.4. The normalized spacial score (nSPS) is 12.3. The summed E-state index contributed by atoms with van der Waals surface area (Å²) in [5, 5.41) is 11.0. The van der Waals surface area contributed by atoms with E-state index in [0.29, 0.717) is 38.3 Å². The first kappa shape index (κ1) is 31.7. The van der Waals surface area contributed by atoms with Crippen molar-refractivity contribution >= 4 is 11.8 Å². The average molecular weight is 514 g/mol. The first-order chi connectivity index (χ1) is 17.8. The fourth-order valence-electron chi connectivity index (χ4n) is 4.12. The van der Waals surface area contributed by atoms with Crippen LogP contribution in [-0.4, -0.2) is 51.4 Å². The predicted octanol–water partition coefficient (Wildman–Crippen LogP) is 6.59. The molecule has 0 fully saturated rings. The Hall–Kier alpha value is -3.35. The van der Waals surface area contributed by atoms with Gasteiger partial charge in [0.2, 0.25) is 0 Å². The lowest BCUT2D eigenvalue weighted by molar-refractivity contribution is 0.0721. The van der Waals surface area contributed by atoms with Crippen molar-refractivity contribution in [2.24, 2.45) is 0 Å². The third-order valence-corrected chi connectivity index (χ3v) is 5.78. The Labute approximate surface area is 222 Å². The Morgan fingerprint density at radius 1 is 1.19 bits per heavy atom. The number of aromatic nitrogens is 1. The smallest absolute Gasteiger partial charge is 0.274 e. The van der Waals surface area contributed by atoms with E-state index in [0.717, 1.165) is 24.8 Å². The molecule has 2 heterocycles. The molecule has 1 aromatic carbocycles. The predicted molar refractivity (Wildman–Crippen MR) is 149 cm³/mol. The molecular formula is C30H44FN3O3. The van der Waals surface area contributed by atoms with Gasteiger partial charge in [-0.2, -0.15) is 0 Å². The van der Waals surface area contributed by atoms with Gasteiger partial charge in [-0.1, -0.05) is 58.1 Å². The first-order valence-electron chi connectivity index (χ1n) is 13.3. The average Bonchev–Trinajstić information content (AvgIpc) is 3.17. The van der Waals surface area contributed by atoms with Gasteiger partial charge in [0.15, 0.2) is 11.4 Å². The van der Waals surface area contributed by atoms with Crippen molar-refractivity contribution in [3.05, 3.63) is 77.4 Å². The number of carbonyl (C=O) groups excluding carboxylic acids is 2. The van der Waals surface area contributed by atoms with Crippen molar-refractivity contribution in [3.8, 4) is 5.75 Å². The molecule has 0 saturated heterocycles. The number of rotatable bonds is 9. The summed E-state index contributed by atoms with van der Waals surface area (Å²) in [6.45, 7) is 15.2. The molecule has 1 aromatic heterocycles. The molecule has 204 valence electrons. The number of hydrogen-bond donors (Lipinski definition) is 1. The lowest BCUT2D eigenvalue weighted by Crippen LogP contribution is -2.37. The van der Waals surface area contributed by atoms with Gasteiger partial charge < -0.3 is 19.5 Å². The van der Waals surface area contributed by atoms with E-state index in [4.69, 9.17) is 0 Å². The second-order valence-electron chi connectivity index (χ2n) is 8.58.